The molecule has 7 heteroatoms. The lowest BCUT2D eigenvalue weighted by atomic mass is 10.1. The number of rotatable bonds is 4. The number of hydrogen-bond donors (Lipinski definition) is 0. The molecule has 1 aromatic heterocycles. The van der Waals surface area contributed by atoms with Gasteiger partial charge in [-0.1, -0.05) is 6.07 Å². The number of ketones is 1. The highest BCUT2D eigenvalue weighted by atomic mass is 19.1. The monoisotopic (exact) mass is 341 g/mol. The second-order valence-electron chi connectivity index (χ2n) is 6.19. The fourth-order valence-electron chi connectivity index (χ4n) is 3.14. The number of nitrogens with zero attached hydrogens (tertiary/aromatic N) is 5. The smallest absolute Gasteiger partial charge is 0.163 e. The van der Waals surface area contributed by atoms with Gasteiger partial charge in [-0.3, -0.25) is 14.4 Å². The van der Waals surface area contributed by atoms with E-state index in [1.54, 1.807) is 25.3 Å². The van der Waals surface area contributed by atoms with Crippen molar-refractivity contribution in [1.29, 1.82) is 5.26 Å². The van der Waals surface area contributed by atoms with E-state index in [0.717, 1.165) is 18.8 Å². The fraction of sp³-hybridized carbons (Fsp3) is 0.389. The van der Waals surface area contributed by atoms with Crippen LogP contribution in [0.25, 0.3) is 0 Å². The van der Waals surface area contributed by atoms with Crippen molar-refractivity contribution in [2.45, 2.75) is 20.5 Å². The molecule has 0 amide bonds. The summed E-state index contributed by atoms with van der Waals surface area (Å²) in [6.45, 7) is 7.01. The van der Waals surface area contributed by atoms with Crippen molar-refractivity contribution in [3.05, 3.63) is 47.0 Å². The first kappa shape index (κ1) is 17.1. The minimum absolute atomic E-state index is 0.0173. The molecule has 0 spiro atoms. The Morgan fingerprint density at radius 3 is 2.64 bits per heavy atom. The van der Waals surface area contributed by atoms with E-state index in [9.17, 15) is 14.4 Å². The summed E-state index contributed by atoms with van der Waals surface area (Å²) in [5.41, 5.74) is 2.27. The number of Topliss-reactive ketones (excluding diaryl/α,β-unsaturated/α-hetero) is 1. The van der Waals surface area contributed by atoms with Crippen LogP contribution in [0, 0.1) is 24.1 Å². The first-order valence-corrected chi connectivity index (χ1v) is 8.20. The highest BCUT2D eigenvalue weighted by Crippen LogP contribution is 2.23. The van der Waals surface area contributed by atoms with E-state index in [1.807, 2.05) is 22.6 Å². The average Bonchev–Trinajstić information content (AvgIpc) is 2.96. The molecular formula is C18H20FN5O. The summed E-state index contributed by atoms with van der Waals surface area (Å²) in [6.07, 6.45) is 1.61. The predicted octanol–water partition coefficient (Wildman–Crippen LogP) is 2.18. The molecule has 2 heterocycles. The number of aromatic nitrogens is 2. The summed E-state index contributed by atoms with van der Waals surface area (Å²) in [7, 11) is 0. The SMILES string of the molecule is CC(=O)c1cnn(CN2CCN(c3cccc(F)c3C#N)CC2)c1C. The van der Waals surface area contributed by atoms with Crippen LogP contribution in [-0.4, -0.2) is 46.6 Å². The zero-order chi connectivity index (χ0) is 18.0. The maximum atomic E-state index is 13.8. The molecule has 1 aliphatic heterocycles. The standard InChI is InChI=1S/C18H20FN5O/c1-13-16(14(2)25)11-21-24(13)12-22-6-8-23(9-7-22)18-5-3-4-17(19)15(18)10-20/h3-5,11H,6-9,12H2,1-2H3. The van der Waals surface area contributed by atoms with Crippen molar-refractivity contribution in [3.8, 4) is 6.07 Å². The molecule has 1 aliphatic rings. The third-order valence-corrected chi connectivity index (χ3v) is 4.63. The normalized spacial score (nSPS) is 15.2. The van der Waals surface area contributed by atoms with Gasteiger partial charge in [-0.25, -0.2) is 4.39 Å². The van der Waals surface area contributed by atoms with Gasteiger partial charge in [-0.05, 0) is 26.0 Å². The van der Waals surface area contributed by atoms with E-state index in [-0.39, 0.29) is 11.3 Å². The molecule has 1 fully saturated rings. The number of hydrogen-bond acceptors (Lipinski definition) is 5. The molecule has 0 N–H and O–H groups in total. The van der Waals surface area contributed by atoms with Crippen LogP contribution in [-0.2, 0) is 6.67 Å². The molecule has 0 saturated carbocycles. The molecule has 130 valence electrons. The zero-order valence-corrected chi connectivity index (χ0v) is 14.4. The second kappa shape index (κ2) is 7.03. The van der Waals surface area contributed by atoms with E-state index in [4.69, 9.17) is 0 Å². The lowest BCUT2D eigenvalue weighted by Gasteiger charge is -2.36. The van der Waals surface area contributed by atoms with E-state index in [0.29, 0.717) is 31.0 Å². The Morgan fingerprint density at radius 2 is 2.04 bits per heavy atom. The van der Waals surface area contributed by atoms with Crippen LogP contribution in [0.3, 0.4) is 0 Å². The topological polar surface area (TPSA) is 65.2 Å². The van der Waals surface area contributed by atoms with Crippen molar-refractivity contribution in [2.75, 3.05) is 31.1 Å². The van der Waals surface area contributed by atoms with Crippen molar-refractivity contribution in [2.24, 2.45) is 0 Å². The quantitative estimate of drug-likeness (QED) is 0.798. The molecule has 0 unspecified atom stereocenters. The summed E-state index contributed by atoms with van der Waals surface area (Å²) in [5.74, 6) is -0.463. The Labute approximate surface area is 146 Å². The van der Waals surface area contributed by atoms with E-state index >= 15 is 0 Å². The lowest BCUT2D eigenvalue weighted by molar-refractivity contribution is 0.101. The van der Waals surface area contributed by atoms with Crippen molar-refractivity contribution >= 4 is 11.5 Å². The Bertz CT molecular complexity index is 830. The first-order valence-electron chi connectivity index (χ1n) is 8.20. The molecule has 3 rings (SSSR count). The molecule has 1 aromatic carbocycles. The van der Waals surface area contributed by atoms with Crippen LogP contribution < -0.4 is 4.90 Å². The van der Waals surface area contributed by atoms with Gasteiger partial charge in [0.15, 0.2) is 5.78 Å². The molecule has 6 nitrogen and oxygen atoms in total. The molecule has 1 saturated heterocycles. The summed E-state index contributed by atoms with van der Waals surface area (Å²) >= 11 is 0. The predicted molar refractivity (Wildman–Crippen MR) is 91.9 cm³/mol. The molecular weight excluding hydrogens is 321 g/mol. The van der Waals surface area contributed by atoms with Gasteiger partial charge in [0.05, 0.1) is 24.1 Å². The number of benzene rings is 1. The van der Waals surface area contributed by atoms with E-state index < -0.39 is 5.82 Å². The third kappa shape index (κ3) is 3.39. The number of anilines is 1. The second-order valence-corrected chi connectivity index (χ2v) is 6.19. The molecule has 25 heavy (non-hydrogen) atoms. The fourth-order valence-corrected chi connectivity index (χ4v) is 3.14. The van der Waals surface area contributed by atoms with Crippen molar-refractivity contribution in [1.82, 2.24) is 14.7 Å². The average molecular weight is 341 g/mol. The van der Waals surface area contributed by atoms with Gasteiger partial charge in [0, 0.05) is 31.9 Å². The number of halogens is 1. The van der Waals surface area contributed by atoms with E-state index in [1.165, 1.54) is 6.07 Å². The number of carbonyl (C=O) groups is 1. The Morgan fingerprint density at radius 1 is 1.32 bits per heavy atom. The lowest BCUT2D eigenvalue weighted by Crippen LogP contribution is -2.47. The molecule has 0 atom stereocenters. The van der Waals surface area contributed by atoms with Crippen molar-refractivity contribution in [3.63, 3.8) is 0 Å². The Kier molecular flexibility index (Phi) is 4.81. The minimum atomic E-state index is -0.480. The Balaban J connectivity index is 1.66. The zero-order valence-electron chi connectivity index (χ0n) is 14.4. The summed E-state index contributed by atoms with van der Waals surface area (Å²) in [6, 6.07) is 6.69. The highest BCUT2D eigenvalue weighted by Gasteiger charge is 2.21. The molecule has 0 radical (unpaired) electrons. The number of piperazine rings is 1. The summed E-state index contributed by atoms with van der Waals surface area (Å²) in [4.78, 5) is 15.8. The van der Waals surface area contributed by atoms with E-state index in [2.05, 4.69) is 10.00 Å². The van der Waals surface area contributed by atoms with Crippen LogP contribution in [0.4, 0.5) is 10.1 Å². The number of carbonyl (C=O) groups excluding carboxylic acids is 1. The van der Waals surface area contributed by atoms with Crippen LogP contribution in [0.5, 0.6) is 0 Å². The van der Waals surface area contributed by atoms with Gasteiger partial charge in [0.1, 0.15) is 17.4 Å². The van der Waals surface area contributed by atoms with Gasteiger partial charge in [0.25, 0.3) is 0 Å². The maximum Gasteiger partial charge on any atom is 0.163 e. The van der Waals surface area contributed by atoms with Gasteiger partial charge < -0.3 is 4.90 Å². The summed E-state index contributed by atoms with van der Waals surface area (Å²) in [5, 5.41) is 13.5. The van der Waals surface area contributed by atoms with Crippen molar-refractivity contribution < 1.29 is 9.18 Å². The van der Waals surface area contributed by atoms with Gasteiger partial charge >= 0.3 is 0 Å². The van der Waals surface area contributed by atoms with Crippen LogP contribution in [0.1, 0.15) is 28.5 Å². The number of nitriles is 1. The van der Waals surface area contributed by atoms with Crippen LogP contribution in [0.2, 0.25) is 0 Å². The maximum absolute atomic E-state index is 13.8. The Hall–Kier alpha value is -2.72. The first-order chi connectivity index (χ1) is 12.0. The highest BCUT2D eigenvalue weighted by molar-refractivity contribution is 5.94. The third-order valence-electron chi connectivity index (χ3n) is 4.63. The summed E-state index contributed by atoms with van der Waals surface area (Å²) < 4.78 is 15.6. The van der Waals surface area contributed by atoms with Crippen LogP contribution >= 0.6 is 0 Å². The van der Waals surface area contributed by atoms with Gasteiger partial charge in [-0.2, -0.15) is 10.4 Å². The molecule has 2 aromatic rings. The van der Waals surface area contributed by atoms with Gasteiger partial charge in [-0.15, -0.1) is 0 Å². The minimum Gasteiger partial charge on any atom is -0.368 e. The van der Waals surface area contributed by atoms with Gasteiger partial charge in [0.2, 0.25) is 0 Å². The van der Waals surface area contributed by atoms with Crippen LogP contribution in [0.15, 0.2) is 24.4 Å². The largest absolute Gasteiger partial charge is 0.368 e. The molecule has 0 aliphatic carbocycles. The molecule has 0 bridgehead atoms.